The number of nitrogens with one attached hydrogen (secondary N) is 1. The van der Waals surface area contributed by atoms with Gasteiger partial charge in [0, 0.05) is 15.8 Å². The first kappa shape index (κ1) is 15.7. The second kappa shape index (κ2) is 7.25. The lowest BCUT2D eigenvalue weighted by Crippen LogP contribution is -2.44. The molecule has 0 fully saturated rings. The number of thiophene rings is 1. The molecule has 0 spiro atoms. The minimum Gasteiger partial charge on any atom is -0.346 e. The van der Waals surface area contributed by atoms with Gasteiger partial charge < -0.3 is 16.0 Å². The Labute approximate surface area is 117 Å². The molecule has 0 saturated heterocycles. The van der Waals surface area contributed by atoms with E-state index in [1.807, 2.05) is 32.9 Å². The Morgan fingerprint density at radius 3 is 2.58 bits per heavy atom. The van der Waals surface area contributed by atoms with Gasteiger partial charge in [0.05, 0.1) is 19.6 Å². The van der Waals surface area contributed by atoms with E-state index in [0.29, 0.717) is 6.54 Å². The second-order valence-electron chi connectivity index (χ2n) is 4.61. The van der Waals surface area contributed by atoms with Gasteiger partial charge in [0.2, 0.25) is 11.8 Å². The maximum atomic E-state index is 12.1. The third-order valence-electron chi connectivity index (χ3n) is 2.69. The molecule has 0 saturated carbocycles. The SMILES string of the molecule is Cc1ccc(CN(C(=O)CNC(=O)CN)C(C)C)s1. The number of nitrogens with two attached hydrogens (primary N) is 1. The average Bonchev–Trinajstić information content (AvgIpc) is 2.77. The third-order valence-corrected chi connectivity index (χ3v) is 3.67. The molecule has 0 aromatic carbocycles. The first-order valence-corrected chi connectivity index (χ1v) is 7.07. The molecule has 0 atom stereocenters. The highest BCUT2D eigenvalue weighted by Crippen LogP contribution is 2.18. The number of nitrogens with zero attached hydrogens (tertiary/aromatic N) is 1. The van der Waals surface area contributed by atoms with E-state index in [4.69, 9.17) is 5.73 Å². The van der Waals surface area contributed by atoms with Gasteiger partial charge in [0.1, 0.15) is 0 Å². The van der Waals surface area contributed by atoms with Crippen LogP contribution in [-0.2, 0) is 16.1 Å². The number of rotatable bonds is 6. The molecule has 1 rings (SSSR count). The summed E-state index contributed by atoms with van der Waals surface area (Å²) in [6.07, 6.45) is 0. The number of carbonyl (C=O) groups excluding carboxylic acids is 2. The van der Waals surface area contributed by atoms with Crippen molar-refractivity contribution in [3.63, 3.8) is 0 Å². The summed E-state index contributed by atoms with van der Waals surface area (Å²) in [5, 5.41) is 2.51. The van der Waals surface area contributed by atoms with Crippen LogP contribution in [0.1, 0.15) is 23.6 Å². The molecule has 0 bridgehead atoms. The largest absolute Gasteiger partial charge is 0.346 e. The van der Waals surface area contributed by atoms with Crippen LogP contribution in [0, 0.1) is 6.92 Å². The lowest BCUT2D eigenvalue weighted by molar-refractivity contribution is -0.134. The minimum absolute atomic E-state index is 0.00142. The normalized spacial score (nSPS) is 10.6. The monoisotopic (exact) mass is 283 g/mol. The molecule has 6 heteroatoms. The van der Waals surface area contributed by atoms with Gasteiger partial charge in [-0.1, -0.05) is 0 Å². The number of carbonyl (C=O) groups is 2. The molecule has 0 radical (unpaired) electrons. The van der Waals surface area contributed by atoms with E-state index >= 15 is 0 Å². The van der Waals surface area contributed by atoms with Crippen molar-refractivity contribution in [2.24, 2.45) is 5.73 Å². The van der Waals surface area contributed by atoms with Crippen molar-refractivity contribution < 1.29 is 9.59 Å². The van der Waals surface area contributed by atoms with Crippen LogP contribution in [0.3, 0.4) is 0 Å². The van der Waals surface area contributed by atoms with Crippen LogP contribution in [0.2, 0.25) is 0 Å². The van der Waals surface area contributed by atoms with E-state index in [1.54, 1.807) is 16.2 Å². The summed E-state index contributed by atoms with van der Waals surface area (Å²) in [6.45, 7) is 6.44. The molecule has 0 aliphatic heterocycles. The Hall–Kier alpha value is -1.40. The van der Waals surface area contributed by atoms with Crippen molar-refractivity contribution in [1.82, 2.24) is 10.2 Å². The lowest BCUT2D eigenvalue weighted by Gasteiger charge is -2.26. The van der Waals surface area contributed by atoms with Crippen molar-refractivity contribution in [2.75, 3.05) is 13.1 Å². The molecule has 0 aliphatic carbocycles. The van der Waals surface area contributed by atoms with Crippen LogP contribution in [0.4, 0.5) is 0 Å². The highest BCUT2D eigenvalue weighted by atomic mass is 32.1. The van der Waals surface area contributed by atoms with Gasteiger partial charge in [-0.2, -0.15) is 0 Å². The molecule has 1 heterocycles. The molecular formula is C13H21N3O2S. The predicted octanol–water partition coefficient (Wildman–Crippen LogP) is 0.868. The smallest absolute Gasteiger partial charge is 0.242 e. The molecule has 19 heavy (non-hydrogen) atoms. The highest BCUT2D eigenvalue weighted by Gasteiger charge is 2.18. The molecule has 3 N–H and O–H groups in total. The van der Waals surface area contributed by atoms with E-state index in [1.165, 1.54) is 4.88 Å². The first-order chi connectivity index (χ1) is 8.93. The van der Waals surface area contributed by atoms with E-state index < -0.39 is 0 Å². The maximum absolute atomic E-state index is 12.1. The highest BCUT2D eigenvalue weighted by molar-refractivity contribution is 7.11. The fourth-order valence-corrected chi connectivity index (χ4v) is 2.53. The summed E-state index contributed by atoms with van der Waals surface area (Å²) < 4.78 is 0. The van der Waals surface area contributed by atoms with Crippen molar-refractivity contribution >= 4 is 23.2 Å². The third kappa shape index (κ3) is 5.00. The van der Waals surface area contributed by atoms with Crippen LogP contribution >= 0.6 is 11.3 Å². The molecule has 2 amide bonds. The molecule has 0 aliphatic rings. The first-order valence-electron chi connectivity index (χ1n) is 6.25. The number of hydrogen-bond donors (Lipinski definition) is 2. The standard InChI is InChI=1S/C13H21N3O2S/c1-9(2)16(8-11-5-4-10(3)19-11)13(18)7-15-12(17)6-14/h4-5,9H,6-8,14H2,1-3H3,(H,15,17). The number of hydrogen-bond acceptors (Lipinski definition) is 4. The zero-order valence-corrected chi connectivity index (χ0v) is 12.4. The van der Waals surface area contributed by atoms with E-state index in [-0.39, 0.29) is 30.9 Å². The van der Waals surface area contributed by atoms with Crippen LogP contribution in [0.5, 0.6) is 0 Å². The Morgan fingerprint density at radius 2 is 2.11 bits per heavy atom. The fraction of sp³-hybridized carbons (Fsp3) is 0.538. The summed E-state index contributed by atoms with van der Waals surface area (Å²) in [5.41, 5.74) is 5.19. The maximum Gasteiger partial charge on any atom is 0.242 e. The average molecular weight is 283 g/mol. The Bertz CT molecular complexity index is 443. The molecular weight excluding hydrogens is 262 g/mol. The molecule has 0 unspecified atom stereocenters. The topological polar surface area (TPSA) is 75.4 Å². The van der Waals surface area contributed by atoms with Crippen LogP contribution < -0.4 is 11.1 Å². The van der Waals surface area contributed by atoms with Gasteiger partial charge in [0.25, 0.3) is 0 Å². The Morgan fingerprint density at radius 1 is 1.42 bits per heavy atom. The predicted molar refractivity (Wildman–Crippen MR) is 76.8 cm³/mol. The van der Waals surface area contributed by atoms with E-state index in [9.17, 15) is 9.59 Å². The van der Waals surface area contributed by atoms with Crippen molar-refractivity contribution in [3.8, 4) is 0 Å². The van der Waals surface area contributed by atoms with E-state index in [0.717, 1.165) is 4.88 Å². The minimum atomic E-state index is -0.316. The molecule has 5 nitrogen and oxygen atoms in total. The number of amides is 2. The number of aryl methyl sites for hydroxylation is 1. The summed E-state index contributed by atoms with van der Waals surface area (Å²) in [7, 11) is 0. The summed E-state index contributed by atoms with van der Waals surface area (Å²) >= 11 is 1.68. The van der Waals surface area contributed by atoms with E-state index in [2.05, 4.69) is 5.32 Å². The zero-order chi connectivity index (χ0) is 14.4. The van der Waals surface area contributed by atoms with Gasteiger partial charge in [0.15, 0.2) is 0 Å². The van der Waals surface area contributed by atoms with Crippen LogP contribution in [-0.4, -0.2) is 35.8 Å². The Balaban J connectivity index is 2.61. The van der Waals surface area contributed by atoms with Gasteiger partial charge >= 0.3 is 0 Å². The van der Waals surface area contributed by atoms with Gasteiger partial charge in [-0.3, -0.25) is 9.59 Å². The van der Waals surface area contributed by atoms with Crippen LogP contribution in [0.15, 0.2) is 12.1 Å². The fourth-order valence-electron chi connectivity index (χ4n) is 1.64. The summed E-state index contributed by atoms with van der Waals surface area (Å²) in [4.78, 5) is 27.3. The van der Waals surface area contributed by atoms with Crippen LogP contribution in [0.25, 0.3) is 0 Å². The molecule has 106 valence electrons. The lowest BCUT2D eigenvalue weighted by atomic mass is 10.3. The van der Waals surface area contributed by atoms with Crippen molar-refractivity contribution in [3.05, 3.63) is 21.9 Å². The van der Waals surface area contributed by atoms with Gasteiger partial charge in [-0.25, -0.2) is 0 Å². The Kier molecular flexibility index (Phi) is 5.98. The van der Waals surface area contributed by atoms with Gasteiger partial charge in [-0.05, 0) is 32.9 Å². The molecule has 1 aromatic heterocycles. The van der Waals surface area contributed by atoms with Crippen molar-refractivity contribution in [1.29, 1.82) is 0 Å². The van der Waals surface area contributed by atoms with Crippen molar-refractivity contribution in [2.45, 2.75) is 33.4 Å². The van der Waals surface area contributed by atoms with Gasteiger partial charge in [-0.15, -0.1) is 11.3 Å². The molecule has 1 aromatic rings. The quantitative estimate of drug-likeness (QED) is 0.813. The summed E-state index contributed by atoms with van der Waals surface area (Å²) in [6, 6.07) is 4.16. The zero-order valence-electron chi connectivity index (χ0n) is 11.6. The summed E-state index contributed by atoms with van der Waals surface area (Å²) in [5.74, 6) is -0.410. The second-order valence-corrected chi connectivity index (χ2v) is 5.98.